The van der Waals surface area contributed by atoms with Gasteiger partial charge in [-0.3, -0.25) is 9.59 Å². The van der Waals surface area contributed by atoms with Gasteiger partial charge in [-0.15, -0.1) is 11.3 Å². The van der Waals surface area contributed by atoms with Crippen molar-refractivity contribution in [3.05, 3.63) is 41.8 Å². The van der Waals surface area contributed by atoms with E-state index < -0.39 is 15.9 Å². The second-order valence-electron chi connectivity index (χ2n) is 7.24. The molecule has 1 atom stereocenters. The molecule has 3 heterocycles. The van der Waals surface area contributed by atoms with Crippen molar-refractivity contribution in [1.29, 1.82) is 0 Å². The first kappa shape index (κ1) is 20.8. The molecule has 10 heteroatoms. The molecule has 1 aromatic carbocycles. The predicted octanol–water partition coefficient (Wildman–Crippen LogP) is 1.64. The summed E-state index contributed by atoms with van der Waals surface area (Å²) in [7, 11) is -1.96. The second kappa shape index (κ2) is 8.37. The van der Waals surface area contributed by atoms with Gasteiger partial charge >= 0.3 is 0 Å². The van der Waals surface area contributed by atoms with Crippen LogP contribution in [0.15, 0.2) is 46.0 Å². The second-order valence-corrected chi connectivity index (χ2v) is 10.4. The van der Waals surface area contributed by atoms with Crippen LogP contribution in [-0.2, 0) is 19.6 Å². The molecule has 2 aliphatic heterocycles. The van der Waals surface area contributed by atoms with E-state index in [9.17, 15) is 18.0 Å². The number of ether oxygens (including phenoxy) is 1. The van der Waals surface area contributed by atoms with E-state index in [1.807, 2.05) is 12.1 Å². The molecule has 2 aliphatic rings. The van der Waals surface area contributed by atoms with Gasteiger partial charge in [0.1, 0.15) is 9.96 Å². The Kier molecular flexibility index (Phi) is 5.81. The molecular weight excluding hydrogens is 426 g/mol. The van der Waals surface area contributed by atoms with Gasteiger partial charge in [-0.05, 0) is 23.6 Å². The summed E-state index contributed by atoms with van der Waals surface area (Å²) in [5.74, 6) is -0.0695. The van der Waals surface area contributed by atoms with Crippen LogP contribution in [0.4, 0.5) is 5.69 Å². The van der Waals surface area contributed by atoms with E-state index in [0.717, 1.165) is 0 Å². The Hall–Kier alpha value is -2.43. The van der Waals surface area contributed by atoms with Gasteiger partial charge < -0.3 is 14.5 Å². The van der Waals surface area contributed by atoms with Gasteiger partial charge in [0.25, 0.3) is 10.0 Å². The number of benzene rings is 1. The number of para-hydroxylation sites is 2. The van der Waals surface area contributed by atoms with Crippen molar-refractivity contribution >= 4 is 38.9 Å². The molecule has 0 unspecified atom stereocenters. The number of anilines is 1. The molecule has 30 heavy (non-hydrogen) atoms. The minimum atomic E-state index is -3.51. The zero-order valence-corrected chi connectivity index (χ0v) is 18.2. The third-order valence-corrected chi connectivity index (χ3v) is 8.76. The summed E-state index contributed by atoms with van der Waals surface area (Å²) in [4.78, 5) is 28.8. The third kappa shape index (κ3) is 3.82. The number of amides is 2. The highest BCUT2D eigenvalue weighted by Crippen LogP contribution is 2.33. The smallest absolute Gasteiger partial charge is 0.252 e. The predicted molar refractivity (Wildman–Crippen MR) is 113 cm³/mol. The van der Waals surface area contributed by atoms with E-state index in [1.54, 1.807) is 46.6 Å². The lowest BCUT2D eigenvalue weighted by molar-refractivity contribution is -0.136. The number of carbonyl (C=O) groups is 2. The number of methoxy groups -OCH3 is 1. The van der Waals surface area contributed by atoms with Crippen molar-refractivity contribution < 1.29 is 22.7 Å². The molecule has 0 aliphatic carbocycles. The summed E-state index contributed by atoms with van der Waals surface area (Å²) in [6.07, 6.45) is 0.143. The Labute approximate surface area is 179 Å². The van der Waals surface area contributed by atoms with E-state index in [1.165, 1.54) is 15.6 Å². The summed E-state index contributed by atoms with van der Waals surface area (Å²) < 4.78 is 32.4. The molecule has 2 saturated heterocycles. The first-order valence-electron chi connectivity index (χ1n) is 9.67. The minimum absolute atomic E-state index is 0.103. The molecule has 0 spiro atoms. The van der Waals surface area contributed by atoms with Crippen LogP contribution in [0.3, 0.4) is 0 Å². The summed E-state index contributed by atoms with van der Waals surface area (Å²) in [5, 5.41) is 1.73. The number of thiophene rings is 1. The highest BCUT2D eigenvalue weighted by molar-refractivity contribution is 7.91. The van der Waals surface area contributed by atoms with Gasteiger partial charge in [0, 0.05) is 39.1 Å². The summed E-state index contributed by atoms with van der Waals surface area (Å²) in [6, 6.07) is 10.5. The highest BCUT2D eigenvalue weighted by Gasteiger charge is 2.39. The third-order valence-electron chi connectivity index (χ3n) is 5.49. The normalized spacial score (nSPS) is 20.6. The number of sulfonamides is 1. The Morgan fingerprint density at radius 2 is 1.83 bits per heavy atom. The van der Waals surface area contributed by atoms with Crippen molar-refractivity contribution in [3.8, 4) is 5.75 Å². The molecule has 0 bridgehead atoms. The monoisotopic (exact) mass is 449 g/mol. The zero-order valence-electron chi connectivity index (χ0n) is 16.6. The molecule has 2 aromatic rings. The minimum Gasteiger partial charge on any atom is -0.495 e. The van der Waals surface area contributed by atoms with E-state index in [4.69, 9.17) is 4.74 Å². The molecule has 0 N–H and O–H groups in total. The van der Waals surface area contributed by atoms with Crippen molar-refractivity contribution in [1.82, 2.24) is 9.21 Å². The fraction of sp³-hybridized carbons (Fsp3) is 0.400. The summed E-state index contributed by atoms with van der Waals surface area (Å²) in [6.45, 7) is 1.45. The SMILES string of the molecule is COc1ccccc1N1C[C@@H](C(=O)N2CCN(S(=O)(=O)c3cccs3)CC2)CC1=O. The maximum atomic E-state index is 13.0. The highest BCUT2D eigenvalue weighted by atomic mass is 32.2. The maximum absolute atomic E-state index is 13.0. The van der Waals surface area contributed by atoms with Gasteiger partial charge in [-0.1, -0.05) is 18.2 Å². The van der Waals surface area contributed by atoms with E-state index in [-0.39, 0.29) is 31.3 Å². The van der Waals surface area contributed by atoms with Gasteiger partial charge in [0.15, 0.2) is 0 Å². The average Bonchev–Trinajstić information content (AvgIpc) is 3.44. The van der Waals surface area contributed by atoms with E-state index in [2.05, 4.69) is 0 Å². The quantitative estimate of drug-likeness (QED) is 0.693. The largest absolute Gasteiger partial charge is 0.495 e. The van der Waals surface area contributed by atoms with E-state index in [0.29, 0.717) is 35.3 Å². The fourth-order valence-corrected chi connectivity index (χ4v) is 6.47. The number of piperazine rings is 1. The van der Waals surface area contributed by atoms with Crippen molar-refractivity contribution in [2.75, 3.05) is 44.7 Å². The van der Waals surface area contributed by atoms with Crippen LogP contribution in [-0.4, -0.2) is 69.3 Å². The lowest BCUT2D eigenvalue weighted by Gasteiger charge is -2.35. The topological polar surface area (TPSA) is 87.2 Å². The molecule has 2 amide bonds. The van der Waals surface area contributed by atoms with Gasteiger partial charge in [-0.25, -0.2) is 8.42 Å². The van der Waals surface area contributed by atoms with Gasteiger partial charge in [-0.2, -0.15) is 4.31 Å². The fourth-order valence-electron chi connectivity index (χ4n) is 3.90. The molecule has 8 nitrogen and oxygen atoms in total. The van der Waals surface area contributed by atoms with Crippen molar-refractivity contribution in [2.45, 2.75) is 10.6 Å². The van der Waals surface area contributed by atoms with Crippen molar-refractivity contribution in [3.63, 3.8) is 0 Å². The number of carbonyl (C=O) groups excluding carboxylic acids is 2. The molecule has 1 aromatic heterocycles. The molecule has 2 fully saturated rings. The molecule has 0 radical (unpaired) electrons. The maximum Gasteiger partial charge on any atom is 0.252 e. The number of nitrogens with zero attached hydrogens (tertiary/aromatic N) is 3. The Balaban J connectivity index is 1.40. The Morgan fingerprint density at radius 3 is 2.50 bits per heavy atom. The lowest BCUT2D eigenvalue weighted by atomic mass is 10.1. The molecule has 4 rings (SSSR count). The van der Waals surface area contributed by atoms with Crippen LogP contribution < -0.4 is 9.64 Å². The van der Waals surface area contributed by atoms with E-state index >= 15 is 0 Å². The average molecular weight is 450 g/mol. The summed E-state index contributed by atoms with van der Waals surface area (Å²) in [5.41, 5.74) is 0.659. The van der Waals surface area contributed by atoms with Crippen LogP contribution in [0.5, 0.6) is 5.75 Å². The zero-order chi connectivity index (χ0) is 21.3. The van der Waals surface area contributed by atoms with Gasteiger partial charge in [0.05, 0.1) is 18.7 Å². The van der Waals surface area contributed by atoms with Crippen molar-refractivity contribution in [2.24, 2.45) is 5.92 Å². The first-order chi connectivity index (χ1) is 14.4. The number of rotatable bonds is 5. The van der Waals surface area contributed by atoms with Crippen LogP contribution >= 0.6 is 11.3 Å². The van der Waals surface area contributed by atoms with Gasteiger partial charge in [0.2, 0.25) is 11.8 Å². The molecule has 0 saturated carbocycles. The first-order valence-corrected chi connectivity index (χ1v) is 12.0. The summed E-state index contributed by atoms with van der Waals surface area (Å²) >= 11 is 1.19. The number of hydrogen-bond acceptors (Lipinski definition) is 6. The van der Waals surface area contributed by atoms with Crippen LogP contribution in [0.2, 0.25) is 0 Å². The Morgan fingerprint density at radius 1 is 1.10 bits per heavy atom. The van der Waals surface area contributed by atoms with Crippen LogP contribution in [0.1, 0.15) is 6.42 Å². The number of hydrogen-bond donors (Lipinski definition) is 0. The van der Waals surface area contributed by atoms with Crippen LogP contribution in [0.25, 0.3) is 0 Å². The van der Waals surface area contributed by atoms with Crippen LogP contribution in [0, 0.1) is 5.92 Å². The standard InChI is InChI=1S/C20H23N3O5S2/c1-28-17-6-3-2-5-16(17)23-14-15(13-18(23)24)20(25)21-8-10-22(11-9-21)30(26,27)19-7-4-12-29-19/h2-7,12,15H,8-11,13-14H2,1H3/t15-/m0/s1. The lowest BCUT2D eigenvalue weighted by Crippen LogP contribution is -2.52. The molecular formula is C20H23N3O5S2. The molecule has 160 valence electrons. The Bertz CT molecular complexity index is 1030.